The van der Waals surface area contributed by atoms with Crippen LogP contribution in [0, 0.1) is 0 Å². The second-order valence-corrected chi connectivity index (χ2v) is 19.2. The molecule has 0 fully saturated rings. The zero-order chi connectivity index (χ0) is 48.0. The first-order valence-corrected chi connectivity index (χ1v) is 27.0. The number of carbonyl (C=O) groups is 3. The summed E-state index contributed by atoms with van der Waals surface area (Å²) in [6.07, 6.45) is 32.5. The fourth-order valence-electron chi connectivity index (χ4n) is 10.4. The quantitative estimate of drug-likeness (QED) is 0.0216. The molecule has 0 unspecified atom stereocenters. The number of hydrogen-bond donors (Lipinski definition) is 0. The van der Waals surface area contributed by atoms with Gasteiger partial charge in [-0.1, -0.05) is 171 Å². The van der Waals surface area contributed by atoms with Crippen LogP contribution in [0.25, 0.3) is 0 Å². The lowest BCUT2D eigenvalue weighted by atomic mass is 9.60. The molecule has 3 aromatic carbocycles. The maximum Gasteiger partial charge on any atom is 0.305 e. The maximum absolute atomic E-state index is 11.4. The first-order chi connectivity index (χ1) is 33.5. The smallest absolute Gasteiger partial charge is 0.305 e. The van der Waals surface area contributed by atoms with E-state index in [1.807, 2.05) is 0 Å². The van der Waals surface area contributed by atoms with Crippen molar-refractivity contribution < 1.29 is 42.8 Å². The van der Waals surface area contributed by atoms with Crippen LogP contribution in [0.1, 0.15) is 238 Å². The van der Waals surface area contributed by atoms with E-state index in [-0.39, 0.29) is 29.7 Å². The average Bonchev–Trinajstić information content (AvgIpc) is 3.36. The van der Waals surface area contributed by atoms with Gasteiger partial charge in [0.2, 0.25) is 0 Å². The van der Waals surface area contributed by atoms with Crippen LogP contribution in [0.4, 0.5) is 0 Å². The van der Waals surface area contributed by atoms with Gasteiger partial charge in [-0.3, -0.25) is 14.4 Å². The van der Waals surface area contributed by atoms with Gasteiger partial charge in [-0.2, -0.15) is 0 Å². The van der Waals surface area contributed by atoms with E-state index < -0.39 is 0 Å². The van der Waals surface area contributed by atoms with Gasteiger partial charge in [0, 0.05) is 47.8 Å². The Morgan fingerprint density at radius 1 is 0.324 bits per heavy atom. The molecule has 0 amide bonds. The molecule has 0 saturated heterocycles. The van der Waals surface area contributed by atoms with Gasteiger partial charge in [0.1, 0.15) is 17.2 Å². The summed E-state index contributed by atoms with van der Waals surface area (Å²) in [6.45, 7) is 2.09. The number of ether oxygens (including phenoxy) is 6. The summed E-state index contributed by atoms with van der Waals surface area (Å²) in [4.78, 5) is 34.1. The molecule has 3 aliphatic rings. The van der Waals surface area contributed by atoms with Crippen molar-refractivity contribution in [2.75, 3.05) is 41.2 Å². The van der Waals surface area contributed by atoms with Crippen LogP contribution >= 0.6 is 0 Å². The van der Waals surface area contributed by atoms with Crippen LogP contribution in [-0.2, 0) is 28.6 Å². The van der Waals surface area contributed by atoms with Gasteiger partial charge < -0.3 is 28.4 Å². The van der Waals surface area contributed by atoms with Crippen LogP contribution < -0.4 is 14.2 Å². The summed E-state index contributed by atoms with van der Waals surface area (Å²) in [6, 6.07) is 20.0. The van der Waals surface area contributed by atoms with Crippen molar-refractivity contribution in [2.45, 2.75) is 204 Å². The molecule has 0 spiro atoms. The second-order valence-electron chi connectivity index (χ2n) is 19.2. The lowest BCUT2D eigenvalue weighted by Crippen LogP contribution is -2.29. The van der Waals surface area contributed by atoms with Gasteiger partial charge in [0.05, 0.1) is 41.2 Å². The molecule has 0 atom stereocenters. The zero-order valence-electron chi connectivity index (χ0n) is 42.4. The van der Waals surface area contributed by atoms with E-state index in [4.69, 9.17) is 28.4 Å². The molecular weight excluding hydrogens is 853 g/mol. The highest BCUT2D eigenvalue weighted by molar-refractivity contribution is 5.75. The van der Waals surface area contributed by atoms with Gasteiger partial charge >= 0.3 is 17.9 Å². The van der Waals surface area contributed by atoms with E-state index in [2.05, 4.69) is 54.6 Å². The van der Waals surface area contributed by atoms with Crippen LogP contribution in [0.5, 0.6) is 17.2 Å². The number of benzene rings is 3. The molecule has 6 rings (SSSR count). The van der Waals surface area contributed by atoms with Gasteiger partial charge in [-0.15, -0.1) is 0 Å². The molecule has 0 aromatic heterocycles. The van der Waals surface area contributed by atoms with Crippen molar-refractivity contribution >= 4 is 17.9 Å². The van der Waals surface area contributed by atoms with Crippen molar-refractivity contribution in [3.63, 3.8) is 0 Å². The standard InChI is InChI=1S/C59H86O9/c1-63-52(60)40-25-19-13-7-4-10-16-22-28-43-66-49-37-31-34-46-55-47-35-32-38-50(67-44-29-23-17-11-5-8-14-20-26-41-53(61)64-2)57(47)59(56(46)49)58-48(55)36-33-39-51(58)68-45-30-24-18-12-6-9-15-21-27-42-54(62)65-3/h31-39,55,59H,4-30,40-45H2,1-3H3. The van der Waals surface area contributed by atoms with Crippen molar-refractivity contribution in [1.29, 1.82) is 0 Å². The first kappa shape index (κ1) is 54.4. The van der Waals surface area contributed by atoms with E-state index in [1.165, 1.54) is 151 Å². The van der Waals surface area contributed by atoms with Gasteiger partial charge in [-0.05, 0) is 73.4 Å². The molecule has 3 aromatic rings. The fourth-order valence-corrected chi connectivity index (χ4v) is 10.4. The molecule has 3 aliphatic carbocycles. The largest absolute Gasteiger partial charge is 0.493 e. The third kappa shape index (κ3) is 17.8. The Morgan fingerprint density at radius 2 is 0.559 bits per heavy atom. The third-order valence-electron chi connectivity index (χ3n) is 14.1. The monoisotopic (exact) mass is 939 g/mol. The molecule has 0 saturated carbocycles. The SMILES string of the molecule is COC(=O)CCCCCCCCCCCOc1cccc2c1C1c3c(OCCCCCCCCCCCC(=O)OC)cccc3C2c2cccc(OCCCCCCCCCCCC(=O)OC)c21. The minimum absolute atomic E-state index is 0.0449. The van der Waals surface area contributed by atoms with Crippen LogP contribution in [-0.4, -0.2) is 59.1 Å². The minimum Gasteiger partial charge on any atom is -0.493 e. The highest BCUT2D eigenvalue weighted by Crippen LogP contribution is 2.61. The number of methoxy groups -OCH3 is 3. The third-order valence-corrected chi connectivity index (χ3v) is 14.1. The Kier molecular flexibility index (Phi) is 25.9. The number of esters is 3. The summed E-state index contributed by atoms with van der Waals surface area (Å²) in [7, 11) is 4.38. The Hall–Kier alpha value is -4.53. The molecule has 0 radical (unpaired) electrons. The Labute approximate surface area is 410 Å². The fraction of sp³-hybridized carbons (Fsp3) is 0.644. The summed E-state index contributed by atoms with van der Waals surface area (Å²) in [5, 5.41) is 0. The van der Waals surface area contributed by atoms with Crippen molar-refractivity contribution in [1.82, 2.24) is 0 Å². The predicted octanol–water partition coefficient (Wildman–Crippen LogP) is 15.0. The van der Waals surface area contributed by atoms with Crippen molar-refractivity contribution in [3.05, 3.63) is 88.0 Å². The Bertz CT molecular complexity index is 1700. The number of unbranched alkanes of at least 4 members (excludes halogenated alkanes) is 24. The Morgan fingerprint density at radius 3 is 0.809 bits per heavy atom. The highest BCUT2D eigenvalue weighted by Gasteiger charge is 2.46. The van der Waals surface area contributed by atoms with E-state index in [0.717, 1.165) is 94.3 Å². The molecule has 376 valence electrons. The number of rotatable bonds is 39. The van der Waals surface area contributed by atoms with E-state index >= 15 is 0 Å². The van der Waals surface area contributed by atoms with Crippen molar-refractivity contribution in [2.24, 2.45) is 0 Å². The lowest BCUT2D eigenvalue weighted by Gasteiger charge is -2.44. The molecule has 9 nitrogen and oxygen atoms in total. The van der Waals surface area contributed by atoms with Crippen molar-refractivity contribution in [3.8, 4) is 17.2 Å². The molecule has 2 bridgehead atoms. The van der Waals surface area contributed by atoms with Crippen LogP contribution in [0.3, 0.4) is 0 Å². The topological polar surface area (TPSA) is 107 Å². The van der Waals surface area contributed by atoms with Gasteiger partial charge in [-0.25, -0.2) is 0 Å². The number of hydrogen-bond acceptors (Lipinski definition) is 9. The number of carbonyl (C=O) groups excluding carboxylic acids is 3. The molecule has 0 aliphatic heterocycles. The van der Waals surface area contributed by atoms with Crippen LogP contribution in [0.15, 0.2) is 54.6 Å². The molecule has 0 N–H and O–H groups in total. The summed E-state index contributed by atoms with van der Waals surface area (Å²) < 4.78 is 34.6. The first-order valence-electron chi connectivity index (χ1n) is 27.0. The normalized spacial score (nSPS) is 14.2. The van der Waals surface area contributed by atoms with Gasteiger partial charge in [0.15, 0.2) is 0 Å². The second kappa shape index (κ2) is 32.3. The molecule has 0 heterocycles. The van der Waals surface area contributed by atoms with E-state index in [1.54, 1.807) is 0 Å². The van der Waals surface area contributed by atoms with E-state index in [9.17, 15) is 14.4 Å². The Balaban J connectivity index is 1.17. The summed E-state index contributed by atoms with van der Waals surface area (Å²) >= 11 is 0. The average molecular weight is 939 g/mol. The molecular formula is C59H86O9. The lowest BCUT2D eigenvalue weighted by molar-refractivity contribution is -0.141. The minimum atomic E-state index is -0.104. The predicted molar refractivity (Wildman–Crippen MR) is 272 cm³/mol. The van der Waals surface area contributed by atoms with E-state index in [0.29, 0.717) is 39.1 Å². The maximum atomic E-state index is 11.4. The van der Waals surface area contributed by atoms with Crippen LogP contribution in [0.2, 0.25) is 0 Å². The highest BCUT2D eigenvalue weighted by atomic mass is 16.5. The molecule has 68 heavy (non-hydrogen) atoms. The summed E-state index contributed by atoms with van der Waals surface area (Å²) in [5.74, 6) is 2.67. The molecule has 9 heteroatoms. The van der Waals surface area contributed by atoms with Gasteiger partial charge in [0.25, 0.3) is 0 Å². The summed E-state index contributed by atoms with van der Waals surface area (Å²) in [5.41, 5.74) is 7.81. The zero-order valence-corrected chi connectivity index (χ0v) is 42.4.